The van der Waals surface area contributed by atoms with Gasteiger partial charge in [-0.1, -0.05) is 91.0 Å². The monoisotopic (exact) mass is 780 g/mol. The number of nitrogens with zero attached hydrogens (tertiary/aromatic N) is 4. The number of methoxy groups -OCH3 is 1. The molecular formula is C44H44N8O6. The molecule has 8 rings (SSSR count). The van der Waals surface area contributed by atoms with Crippen LogP contribution in [0.15, 0.2) is 109 Å². The summed E-state index contributed by atoms with van der Waals surface area (Å²) < 4.78 is 4.83. The van der Waals surface area contributed by atoms with Crippen molar-refractivity contribution in [1.82, 2.24) is 40.4 Å². The Morgan fingerprint density at radius 2 is 1.29 bits per heavy atom. The van der Waals surface area contributed by atoms with Crippen LogP contribution in [0, 0.1) is 0 Å². The van der Waals surface area contributed by atoms with Gasteiger partial charge in [0.05, 0.1) is 42.1 Å². The molecule has 14 nitrogen and oxygen atoms in total. The zero-order valence-electron chi connectivity index (χ0n) is 31.9. The van der Waals surface area contributed by atoms with Gasteiger partial charge in [-0.2, -0.15) is 0 Å². The Bertz CT molecular complexity index is 2420. The summed E-state index contributed by atoms with van der Waals surface area (Å²) >= 11 is 0. The number of carbonyl (C=O) groups excluding carboxylic acids is 3. The molecule has 2 aliphatic heterocycles. The third-order valence-corrected chi connectivity index (χ3v) is 11.1. The molecule has 0 radical (unpaired) electrons. The van der Waals surface area contributed by atoms with Crippen molar-refractivity contribution < 1.29 is 29.0 Å². The number of carboxylic acid groups (broad SMARTS) is 1. The number of aromatic amines is 2. The molecule has 4 amide bonds. The molecule has 4 aromatic carbocycles. The Morgan fingerprint density at radius 3 is 1.95 bits per heavy atom. The largest absolute Gasteiger partial charge is 0.465 e. The Morgan fingerprint density at radius 1 is 0.707 bits per heavy atom. The number of carbonyl (C=O) groups is 4. The normalized spacial score (nSPS) is 17.7. The molecule has 4 atom stereocenters. The molecule has 2 aliphatic rings. The summed E-state index contributed by atoms with van der Waals surface area (Å²) in [5.74, 6) is 0.826. The first-order chi connectivity index (χ1) is 28.3. The van der Waals surface area contributed by atoms with Gasteiger partial charge in [-0.3, -0.25) is 9.59 Å². The number of ether oxygens (including phenoxy) is 1. The second-order valence-electron chi connectivity index (χ2n) is 14.6. The number of hydrogen-bond acceptors (Lipinski definition) is 7. The SMILES string of the molecule is COC(=O)NC(C(=O)N1CCCC1c1nc2ccc(-c3ccc(-c4cnc(C5CCCCN5C(=O)C(NC(=O)O)c5ccccc5)[nH]4)cc3)cc2[nH]1)c1ccccc1. The lowest BCUT2D eigenvalue weighted by molar-refractivity contribution is -0.137. The lowest BCUT2D eigenvalue weighted by Crippen LogP contribution is -2.46. The zero-order valence-corrected chi connectivity index (χ0v) is 31.9. The molecule has 296 valence electrons. The third kappa shape index (κ3) is 7.85. The minimum absolute atomic E-state index is 0.223. The van der Waals surface area contributed by atoms with Crippen molar-refractivity contribution in [3.8, 4) is 22.4 Å². The van der Waals surface area contributed by atoms with Crippen molar-refractivity contribution in [2.24, 2.45) is 0 Å². The van der Waals surface area contributed by atoms with Crippen molar-refractivity contribution in [3.05, 3.63) is 132 Å². The highest BCUT2D eigenvalue weighted by atomic mass is 16.5. The number of imidazole rings is 2. The zero-order chi connectivity index (χ0) is 40.2. The second-order valence-corrected chi connectivity index (χ2v) is 14.6. The van der Waals surface area contributed by atoms with E-state index in [4.69, 9.17) is 14.7 Å². The van der Waals surface area contributed by atoms with Gasteiger partial charge in [-0.25, -0.2) is 19.6 Å². The van der Waals surface area contributed by atoms with E-state index in [2.05, 4.69) is 26.7 Å². The number of amides is 4. The lowest BCUT2D eigenvalue weighted by atomic mass is 9.98. The average Bonchev–Trinajstić information content (AvgIpc) is 4.05. The molecule has 5 N–H and O–H groups in total. The quantitative estimate of drug-likeness (QED) is 0.0949. The summed E-state index contributed by atoms with van der Waals surface area (Å²) in [6, 6.07) is 29.7. The molecule has 6 aromatic rings. The number of aromatic nitrogens is 4. The minimum atomic E-state index is -1.26. The van der Waals surface area contributed by atoms with E-state index < -0.39 is 24.3 Å². The molecule has 0 saturated carbocycles. The molecular weight excluding hydrogens is 737 g/mol. The maximum absolute atomic E-state index is 14.0. The molecule has 0 spiro atoms. The first kappa shape index (κ1) is 37.9. The summed E-state index contributed by atoms with van der Waals surface area (Å²) in [6.07, 6.45) is 3.82. The minimum Gasteiger partial charge on any atom is -0.465 e. The van der Waals surface area contributed by atoms with Crippen LogP contribution in [0.2, 0.25) is 0 Å². The third-order valence-electron chi connectivity index (χ3n) is 11.1. The highest BCUT2D eigenvalue weighted by Gasteiger charge is 2.38. The highest BCUT2D eigenvalue weighted by Crippen LogP contribution is 2.36. The van der Waals surface area contributed by atoms with E-state index in [1.54, 1.807) is 40.3 Å². The van der Waals surface area contributed by atoms with Gasteiger partial charge in [0.15, 0.2) is 0 Å². The number of rotatable bonds is 10. The number of benzene rings is 4. The Kier molecular flexibility index (Phi) is 10.9. The van der Waals surface area contributed by atoms with E-state index in [-0.39, 0.29) is 23.9 Å². The average molecular weight is 781 g/mol. The topological polar surface area (TPSA) is 186 Å². The summed E-state index contributed by atoms with van der Waals surface area (Å²) in [7, 11) is 1.28. The van der Waals surface area contributed by atoms with Crippen molar-refractivity contribution >= 4 is 35.0 Å². The molecule has 4 heterocycles. The van der Waals surface area contributed by atoms with E-state index in [1.807, 2.05) is 72.8 Å². The van der Waals surface area contributed by atoms with Crippen LogP contribution in [0.4, 0.5) is 9.59 Å². The van der Waals surface area contributed by atoms with E-state index in [1.165, 1.54) is 7.11 Å². The van der Waals surface area contributed by atoms with E-state index in [9.17, 15) is 24.3 Å². The standard InChI is InChI=1S/C44H44N8O6/c1-58-44(57)50-38(30-13-6-3-7-14-30)42(54)52-24-10-16-36(52)40-46-32-22-21-31(25-33(32)47-40)27-17-19-28(20-18-27)34-26-45-39(48-34)35-15-8-9-23-51(35)41(53)37(49-43(55)56)29-11-4-2-5-12-29/h2-7,11-14,17-22,25-26,35-38,49H,8-10,15-16,23-24H2,1H3,(H,45,48)(H,46,47)(H,50,57)(H,55,56). The van der Waals surface area contributed by atoms with E-state index in [0.29, 0.717) is 42.3 Å². The predicted molar refractivity (Wildman–Crippen MR) is 216 cm³/mol. The van der Waals surface area contributed by atoms with Crippen molar-refractivity contribution in [2.45, 2.75) is 56.3 Å². The first-order valence-corrected chi connectivity index (χ1v) is 19.5. The van der Waals surface area contributed by atoms with Gasteiger partial charge in [-0.05, 0) is 72.1 Å². The van der Waals surface area contributed by atoms with Crippen LogP contribution in [0.5, 0.6) is 0 Å². The number of H-pyrrole nitrogens is 2. The van der Waals surface area contributed by atoms with Crippen molar-refractivity contribution in [1.29, 1.82) is 0 Å². The molecule has 0 aliphatic carbocycles. The molecule has 0 bridgehead atoms. The van der Waals surface area contributed by atoms with Gasteiger partial charge >= 0.3 is 12.2 Å². The van der Waals surface area contributed by atoms with Crippen LogP contribution in [0.25, 0.3) is 33.4 Å². The second kappa shape index (κ2) is 16.6. The van der Waals surface area contributed by atoms with Crippen molar-refractivity contribution in [3.63, 3.8) is 0 Å². The maximum Gasteiger partial charge on any atom is 0.407 e. The fourth-order valence-corrected chi connectivity index (χ4v) is 8.15. The predicted octanol–water partition coefficient (Wildman–Crippen LogP) is 7.44. The fourth-order valence-electron chi connectivity index (χ4n) is 8.15. The number of nitrogens with one attached hydrogen (secondary N) is 4. The number of piperidine rings is 1. The molecule has 14 heteroatoms. The smallest absolute Gasteiger partial charge is 0.407 e. The molecule has 2 fully saturated rings. The molecule has 2 aromatic heterocycles. The first-order valence-electron chi connectivity index (χ1n) is 19.5. The fraction of sp³-hybridized carbons (Fsp3) is 0.273. The van der Waals surface area contributed by atoms with Crippen LogP contribution < -0.4 is 10.6 Å². The van der Waals surface area contributed by atoms with Crippen LogP contribution in [0.3, 0.4) is 0 Å². The summed E-state index contributed by atoms with van der Waals surface area (Å²) in [6.45, 7) is 1.04. The number of likely N-dealkylation sites (tertiary alicyclic amines) is 2. The van der Waals surface area contributed by atoms with Crippen LogP contribution in [-0.4, -0.2) is 79.0 Å². The molecule has 58 heavy (non-hydrogen) atoms. The summed E-state index contributed by atoms with van der Waals surface area (Å²) in [5.41, 5.74) is 6.62. The van der Waals surface area contributed by atoms with Crippen LogP contribution in [-0.2, 0) is 14.3 Å². The van der Waals surface area contributed by atoms with Gasteiger partial charge in [0.1, 0.15) is 23.7 Å². The highest BCUT2D eigenvalue weighted by molar-refractivity contribution is 5.88. The number of alkyl carbamates (subject to hydrolysis) is 1. The van der Waals surface area contributed by atoms with E-state index >= 15 is 0 Å². The molecule has 2 saturated heterocycles. The van der Waals surface area contributed by atoms with Gasteiger partial charge in [0.25, 0.3) is 11.8 Å². The Balaban J connectivity index is 0.981. The number of hydrogen-bond donors (Lipinski definition) is 5. The Hall–Kier alpha value is -6.96. The summed E-state index contributed by atoms with van der Waals surface area (Å²) in [4.78, 5) is 71.8. The lowest BCUT2D eigenvalue weighted by Gasteiger charge is -2.36. The molecule has 4 unspecified atom stereocenters. The van der Waals surface area contributed by atoms with Gasteiger partial charge in [-0.15, -0.1) is 0 Å². The summed E-state index contributed by atoms with van der Waals surface area (Å²) in [5, 5.41) is 14.7. The van der Waals surface area contributed by atoms with Crippen LogP contribution >= 0.6 is 0 Å². The van der Waals surface area contributed by atoms with Crippen LogP contribution in [0.1, 0.15) is 79.0 Å². The Labute approximate surface area is 334 Å². The maximum atomic E-state index is 14.0. The van der Waals surface area contributed by atoms with Gasteiger partial charge in [0.2, 0.25) is 0 Å². The number of fused-ring (bicyclic) bond motifs is 1. The van der Waals surface area contributed by atoms with Crippen molar-refractivity contribution in [2.75, 3.05) is 20.2 Å². The van der Waals surface area contributed by atoms with E-state index in [0.717, 1.165) is 59.1 Å². The van der Waals surface area contributed by atoms with Gasteiger partial charge < -0.3 is 40.2 Å². The van der Waals surface area contributed by atoms with Gasteiger partial charge in [0, 0.05) is 13.1 Å².